The van der Waals surface area contributed by atoms with E-state index in [1.54, 1.807) is 0 Å². The van der Waals surface area contributed by atoms with Gasteiger partial charge in [-0.15, -0.1) is 0 Å². The van der Waals surface area contributed by atoms with E-state index in [1.807, 2.05) is 30.5 Å². The first kappa shape index (κ1) is 14.1. The fourth-order valence-corrected chi connectivity index (χ4v) is 2.47. The third kappa shape index (κ3) is 2.93. The minimum Gasteiger partial charge on any atom is -0.480 e. The van der Waals surface area contributed by atoms with E-state index in [4.69, 9.17) is 0 Å². The first-order valence-corrected chi connectivity index (χ1v) is 6.93. The molecule has 1 aromatic heterocycles. The summed E-state index contributed by atoms with van der Waals surface area (Å²) >= 11 is 0. The minimum atomic E-state index is -0.949. The van der Waals surface area contributed by atoms with Gasteiger partial charge in [0.15, 0.2) is 0 Å². The number of nitrogens with one attached hydrogen (secondary N) is 2. The average Bonchev–Trinajstić information content (AvgIpc) is 2.92. The molecule has 3 rings (SSSR count). The average molecular weight is 298 g/mol. The molecule has 0 aliphatic heterocycles. The van der Waals surface area contributed by atoms with E-state index in [1.165, 1.54) is 24.3 Å². The summed E-state index contributed by atoms with van der Waals surface area (Å²) in [6.45, 7) is 0. The number of halogens is 1. The maximum absolute atomic E-state index is 12.9. The van der Waals surface area contributed by atoms with Crippen LogP contribution >= 0.6 is 0 Å². The lowest BCUT2D eigenvalue weighted by Crippen LogP contribution is -2.31. The summed E-state index contributed by atoms with van der Waals surface area (Å²) in [6.07, 6.45) is 2.16. The second-order valence-electron chi connectivity index (χ2n) is 5.11. The molecule has 0 saturated heterocycles. The predicted octanol–water partition coefficient (Wildman–Crippen LogP) is 3.41. The molecule has 0 fully saturated rings. The minimum absolute atomic E-state index is 0.330. The first-order valence-electron chi connectivity index (χ1n) is 6.93. The number of hydrogen-bond acceptors (Lipinski definition) is 2. The van der Waals surface area contributed by atoms with Crippen LogP contribution in [0.3, 0.4) is 0 Å². The Morgan fingerprint density at radius 2 is 1.91 bits per heavy atom. The number of aromatic amines is 1. The van der Waals surface area contributed by atoms with Gasteiger partial charge < -0.3 is 15.4 Å². The Balaban J connectivity index is 1.82. The number of H-pyrrole nitrogens is 1. The van der Waals surface area contributed by atoms with Crippen molar-refractivity contribution in [2.24, 2.45) is 0 Å². The predicted molar refractivity (Wildman–Crippen MR) is 83.4 cm³/mol. The molecule has 0 amide bonds. The van der Waals surface area contributed by atoms with Gasteiger partial charge in [0.25, 0.3) is 0 Å². The van der Waals surface area contributed by atoms with Crippen molar-refractivity contribution in [2.45, 2.75) is 12.5 Å². The number of para-hydroxylation sites is 1. The highest BCUT2D eigenvalue weighted by atomic mass is 19.1. The van der Waals surface area contributed by atoms with Crippen LogP contribution in [-0.2, 0) is 11.2 Å². The summed E-state index contributed by atoms with van der Waals surface area (Å²) in [7, 11) is 0. The number of anilines is 1. The van der Waals surface area contributed by atoms with Crippen molar-refractivity contribution in [3.05, 3.63) is 66.1 Å². The Labute approximate surface area is 126 Å². The standard InChI is InChI=1S/C17H15FN2O2/c18-12-5-7-13(8-6-12)20-16(17(21)22)9-11-10-19-15-4-2-1-3-14(11)15/h1-8,10,16,19-20H,9H2,(H,21,22). The molecule has 1 atom stereocenters. The van der Waals surface area contributed by atoms with E-state index in [0.29, 0.717) is 12.1 Å². The van der Waals surface area contributed by atoms with Gasteiger partial charge >= 0.3 is 5.97 Å². The van der Waals surface area contributed by atoms with Crippen LogP contribution in [-0.4, -0.2) is 22.1 Å². The molecule has 4 nitrogen and oxygen atoms in total. The SMILES string of the molecule is O=C(O)C(Cc1c[nH]c2ccccc12)Nc1ccc(F)cc1. The third-order valence-electron chi connectivity index (χ3n) is 3.58. The smallest absolute Gasteiger partial charge is 0.326 e. The molecule has 0 radical (unpaired) electrons. The van der Waals surface area contributed by atoms with Crippen molar-refractivity contribution >= 4 is 22.6 Å². The molecular formula is C17H15FN2O2. The number of aliphatic carboxylic acids is 1. The largest absolute Gasteiger partial charge is 0.480 e. The third-order valence-corrected chi connectivity index (χ3v) is 3.58. The summed E-state index contributed by atoms with van der Waals surface area (Å²) in [5, 5.41) is 13.4. The molecule has 22 heavy (non-hydrogen) atoms. The Morgan fingerprint density at radius 1 is 1.18 bits per heavy atom. The van der Waals surface area contributed by atoms with Crippen molar-refractivity contribution in [2.75, 3.05) is 5.32 Å². The second-order valence-corrected chi connectivity index (χ2v) is 5.11. The number of fused-ring (bicyclic) bond motifs is 1. The van der Waals surface area contributed by atoms with Gasteiger partial charge in [-0.2, -0.15) is 0 Å². The van der Waals surface area contributed by atoms with Gasteiger partial charge in [0.1, 0.15) is 11.9 Å². The zero-order chi connectivity index (χ0) is 15.5. The fourth-order valence-electron chi connectivity index (χ4n) is 2.47. The normalized spacial score (nSPS) is 12.2. The Morgan fingerprint density at radius 3 is 2.64 bits per heavy atom. The van der Waals surface area contributed by atoms with Crippen LogP contribution < -0.4 is 5.32 Å². The summed E-state index contributed by atoms with van der Waals surface area (Å²) in [6, 6.07) is 12.6. The second kappa shape index (κ2) is 5.89. The number of carbonyl (C=O) groups is 1. The topological polar surface area (TPSA) is 65.1 Å². The Bertz CT molecular complexity index is 796. The van der Waals surface area contributed by atoms with Crippen LogP contribution in [0, 0.1) is 5.82 Å². The lowest BCUT2D eigenvalue weighted by molar-refractivity contribution is -0.137. The lowest BCUT2D eigenvalue weighted by atomic mass is 10.0. The molecule has 1 unspecified atom stereocenters. The van der Waals surface area contributed by atoms with Crippen LogP contribution in [0.2, 0.25) is 0 Å². The van der Waals surface area contributed by atoms with Gasteiger partial charge in [0.05, 0.1) is 0 Å². The molecule has 3 N–H and O–H groups in total. The summed E-state index contributed by atoms with van der Waals surface area (Å²) in [4.78, 5) is 14.6. The van der Waals surface area contributed by atoms with E-state index in [-0.39, 0.29) is 5.82 Å². The van der Waals surface area contributed by atoms with Gasteiger partial charge in [-0.05, 0) is 35.9 Å². The summed E-state index contributed by atoms with van der Waals surface area (Å²) in [5.41, 5.74) is 2.48. The fraction of sp³-hybridized carbons (Fsp3) is 0.118. The highest BCUT2D eigenvalue weighted by molar-refractivity contribution is 5.85. The van der Waals surface area contributed by atoms with Gasteiger partial charge in [-0.1, -0.05) is 18.2 Å². The summed E-state index contributed by atoms with van der Waals surface area (Å²) in [5.74, 6) is -1.30. The van der Waals surface area contributed by atoms with Crippen molar-refractivity contribution in [1.29, 1.82) is 0 Å². The van der Waals surface area contributed by atoms with Gasteiger partial charge in [-0.3, -0.25) is 0 Å². The maximum Gasteiger partial charge on any atom is 0.326 e. The van der Waals surface area contributed by atoms with Crippen LogP contribution in [0.25, 0.3) is 10.9 Å². The van der Waals surface area contributed by atoms with E-state index in [2.05, 4.69) is 10.3 Å². The number of hydrogen-bond donors (Lipinski definition) is 3. The van der Waals surface area contributed by atoms with E-state index >= 15 is 0 Å². The van der Waals surface area contributed by atoms with Crippen molar-refractivity contribution < 1.29 is 14.3 Å². The summed E-state index contributed by atoms with van der Waals surface area (Å²) < 4.78 is 12.9. The van der Waals surface area contributed by atoms with Gasteiger partial charge in [-0.25, -0.2) is 9.18 Å². The molecule has 0 saturated carbocycles. The van der Waals surface area contributed by atoms with Crippen LogP contribution in [0.5, 0.6) is 0 Å². The van der Waals surface area contributed by atoms with Crippen LogP contribution in [0.4, 0.5) is 10.1 Å². The van der Waals surface area contributed by atoms with Crippen molar-refractivity contribution in [3.8, 4) is 0 Å². The molecule has 112 valence electrons. The number of carboxylic acid groups (broad SMARTS) is 1. The van der Waals surface area contributed by atoms with Gasteiger partial charge in [0, 0.05) is 29.2 Å². The molecular weight excluding hydrogens is 283 g/mol. The molecule has 5 heteroatoms. The quantitative estimate of drug-likeness (QED) is 0.676. The number of benzene rings is 2. The van der Waals surface area contributed by atoms with Crippen molar-refractivity contribution in [1.82, 2.24) is 4.98 Å². The van der Waals surface area contributed by atoms with E-state index < -0.39 is 12.0 Å². The number of aromatic nitrogens is 1. The van der Waals surface area contributed by atoms with E-state index in [0.717, 1.165) is 16.5 Å². The van der Waals surface area contributed by atoms with Gasteiger partial charge in [0.2, 0.25) is 0 Å². The van der Waals surface area contributed by atoms with E-state index in [9.17, 15) is 14.3 Å². The maximum atomic E-state index is 12.9. The first-order chi connectivity index (χ1) is 10.6. The Hall–Kier alpha value is -2.82. The molecule has 0 aliphatic rings. The number of rotatable bonds is 5. The molecule has 0 aliphatic carbocycles. The molecule has 0 spiro atoms. The highest BCUT2D eigenvalue weighted by Gasteiger charge is 2.19. The zero-order valence-corrected chi connectivity index (χ0v) is 11.7. The lowest BCUT2D eigenvalue weighted by Gasteiger charge is -2.15. The molecule has 0 bridgehead atoms. The van der Waals surface area contributed by atoms with Crippen LogP contribution in [0.15, 0.2) is 54.7 Å². The monoisotopic (exact) mass is 298 g/mol. The Kier molecular flexibility index (Phi) is 3.78. The van der Waals surface area contributed by atoms with Crippen molar-refractivity contribution in [3.63, 3.8) is 0 Å². The van der Waals surface area contributed by atoms with Crippen LogP contribution in [0.1, 0.15) is 5.56 Å². The molecule has 2 aromatic carbocycles. The zero-order valence-electron chi connectivity index (χ0n) is 11.7. The molecule has 1 heterocycles. The molecule has 3 aromatic rings. The highest BCUT2D eigenvalue weighted by Crippen LogP contribution is 2.20. The number of carboxylic acids is 1.